The highest BCUT2D eigenvalue weighted by molar-refractivity contribution is 6.05. The van der Waals surface area contributed by atoms with E-state index in [1.807, 2.05) is 31.2 Å². The molecule has 0 N–H and O–H groups in total. The highest BCUT2D eigenvalue weighted by atomic mass is 16.1. The SMILES string of the molecule is CC(=O)CC(=O)C=Cc1ccc(C)cc1. The van der Waals surface area contributed by atoms with E-state index in [1.54, 1.807) is 6.08 Å². The zero-order valence-electron chi connectivity index (χ0n) is 8.99. The van der Waals surface area contributed by atoms with Gasteiger partial charge in [0.05, 0.1) is 6.42 Å². The average Bonchev–Trinajstić information content (AvgIpc) is 2.16. The maximum Gasteiger partial charge on any atom is 0.163 e. The van der Waals surface area contributed by atoms with Gasteiger partial charge >= 0.3 is 0 Å². The Balaban J connectivity index is 2.61. The molecule has 0 aromatic heterocycles. The lowest BCUT2D eigenvalue weighted by molar-refractivity contribution is -0.123. The third-order valence-electron chi connectivity index (χ3n) is 1.96. The summed E-state index contributed by atoms with van der Waals surface area (Å²) in [4.78, 5) is 21.8. The standard InChI is InChI=1S/C13H14O2/c1-10-3-5-12(6-4-10)7-8-13(15)9-11(2)14/h3-8H,9H2,1-2H3. The molecular formula is C13H14O2. The molecule has 1 rings (SSSR count). The molecule has 0 aliphatic carbocycles. The van der Waals surface area contributed by atoms with Crippen molar-refractivity contribution in [1.82, 2.24) is 0 Å². The summed E-state index contributed by atoms with van der Waals surface area (Å²) in [5.74, 6) is -0.253. The molecule has 2 heteroatoms. The number of allylic oxidation sites excluding steroid dienone is 1. The highest BCUT2D eigenvalue weighted by Crippen LogP contribution is 2.05. The molecule has 0 aliphatic rings. The summed E-state index contributed by atoms with van der Waals surface area (Å²) in [5.41, 5.74) is 2.15. The van der Waals surface area contributed by atoms with Crippen LogP contribution in [0.2, 0.25) is 0 Å². The van der Waals surface area contributed by atoms with Crippen molar-refractivity contribution in [3.63, 3.8) is 0 Å². The Hall–Kier alpha value is -1.70. The molecule has 0 heterocycles. The molecule has 15 heavy (non-hydrogen) atoms. The Morgan fingerprint density at radius 2 is 1.80 bits per heavy atom. The van der Waals surface area contributed by atoms with E-state index < -0.39 is 0 Å². The molecule has 0 spiro atoms. The monoisotopic (exact) mass is 202 g/mol. The van der Waals surface area contributed by atoms with Crippen LogP contribution >= 0.6 is 0 Å². The van der Waals surface area contributed by atoms with Crippen molar-refractivity contribution in [2.45, 2.75) is 20.3 Å². The lowest BCUT2D eigenvalue weighted by atomic mass is 10.1. The minimum atomic E-state index is -0.150. The average molecular weight is 202 g/mol. The Bertz CT molecular complexity index is 386. The van der Waals surface area contributed by atoms with Gasteiger partial charge in [-0.2, -0.15) is 0 Å². The van der Waals surface area contributed by atoms with Crippen LogP contribution in [0.25, 0.3) is 6.08 Å². The van der Waals surface area contributed by atoms with Crippen molar-refractivity contribution >= 4 is 17.6 Å². The summed E-state index contributed by atoms with van der Waals surface area (Å²) in [6.45, 7) is 3.42. The largest absolute Gasteiger partial charge is 0.300 e. The fraction of sp³-hybridized carbons (Fsp3) is 0.231. The van der Waals surface area contributed by atoms with Crippen LogP contribution in [0.4, 0.5) is 0 Å². The van der Waals surface area contributed by atoms with Gasteiger partial charge in [-0.15, -0.1) is 0 Å². The van der Waals surface area contributed by atoms with Gasteiger partial charge in [-0.25, -0.2) is 0 Å². The second kappa shape index (κ2) is 5.25. The summed E-state index contributed by atoms with van der Waals surface area (Å²) in [6.07, 6.45) is 3.17. The Morgan fingerprint density at radius 3 is 2.33 bits per heavy atom. The summed E-state index contributed by atoms with van der Waals surface area (Å²) in [6, 6.07) is 7.84. The van der Waals surface area contributed by atoms with Crippen molar-refractivity contribution in [2.75, 3.05) is 0 Å². The molecular weight excluding hydrogens is 188 g/mol. The van der Waals surface area contributed by atoms with Gasteiger partial charge in [-0.3, -0.25) is 9.59 Å². The van der Waals surface area contributed by atoms with E-state index in [9.17, 15) is 9.59 Å². The molecule has 2 nitrogen and oxygen atoms in total. The zero-order valence-corrected chi connectivity index (χ0v) is 8.99. The number of hydrogen-bond donors (Lipinski definition) is 0. The van der Waals surface area contributed by atoms with E-state index in [0.29, 0.717) is 0 Å². The van der Waals surface area contributed by atoms with Gasteiger partial charge in [0, 0.05) is 0 Å². The molecule has 0 bridgehead atoms. The number of ketones is 2. The second-order valence-corrected chi connectivity index (χ2v) is 3.59. The molecule has 0 radical (unpaired) electrons. The third kappa shape index (κ3) is 4.36. The molecule has 0 saturated carbocycles. The molecule has 0 fully saturated rings. The Labute approximate surface area is 89.6 Å². The van der Waals surface area contributed by atoms with Gasteiger partial charge in [0.25, 0.3) is 0 Å². The fourth-order valence-electron chi connectivity index (χ4n) is 1.17. The van der Waals surface area contributed by atoms with Crippen LogP contribution < -0.4 is 0 Å². The first-order valence-electron chi connectivity index (χ1n) is 4.85. The summed E-state index contributed by atoms with van der Waals surface area (Å²) < 4.78 is 0. The summed E-state index contributed by atoms with van der Waals surface area (Å²) >= 11 is 0. The smallest absolute Gasteiger partial charge is 0.163 e. The predicted octanol–water partition coefficient (Wildman–Crippen LogP) is 2.56. The lowest BCUT2D eigenvalue weighted by Crippen LogP contribution is -1.99. The maximum absolute atomic E-state index is 11.2. The van der Waals surface area contributed by atoms with E-state index in [0.717, 1.165) is 5.56 Å². The number of rotatable bonds is 4. The first-order chi connectivity index (χ1) is 7.08. The molecule has 0 aliphatic heterocycles. The number of carbonyl (C=O) groups excluding carboxylic acids is 2. The molecule has 78 valence electrons. The second-order valence-electron chi connectivity index (χ2n) is 3.59. The molecule has 0 unspecified atom stereocenters. The van der Waals surface area contributed by atoms with Crippen molar-refractivity contribution in [1.29, 1.82) is 0 Å². The van der Waals surface area contributed by atoms with Crippen LogP contribution in [0.5, 0.6) is 0 Å². The van der Waals surface area contributed by atoms with Crippen LogP contribution in [-0.2, 0) is 9.59 Å². The van der Waals surface area contributed by atoms with E-state index >= 15 is 0 Å². The van der Waals surface area contributed by atoms with Gasteiger partial charge in [0.15, 0.2) is 5.78 Å². The predicted molar refractivity (Wildman–Crippen MR) is 60.5 cm³/mol. The van der Waals surface area contributed by atoms with E-state index in [-0.39, 0.29) is 18.0 Å². The lowest BCUT2D eigenvalue weighted by Gasteiger charge is -1.94. The van der Waals surface area contributed by atoms with Crippen LogP contribution in [-0.4, -0.2) is 11.6 Å². The topological polar surface area (TPSA) is 34.1 Å². The van der Waals surface area contributed by atoms with Crippen molar-refractivity contribution in [2.24, 2.45) is 0 Å². The van der Waals surface area contributed by atoms with Crippen LogP contribution in [0.1, 0.15) is 24.5 Å². The van der Waals surface area contributed by atoms with Gasteiger partial charge < -0.3 is 0 Å². The van der Waals surface area contributed by atoms with E-state index in [2.05, 4.69) is 0 Å². The highest BCUT2D eigenvalue weighted by Gasteiger charge is 1.99. The van der Waals surface area contributed by atoms with Gasteiger partial charge in [-0.05, 0) is 25.5 Å². The summed E-state index contributed by atoms with van der Waals surface area (Å²) in [5, 5.41) is 0. The van der Waals surface area contributed by atoms with Gasteiger partial charge in [0.1, 0.15) is 5.78 Å². The van der Waals surface area contributed by atoms with E-state index in [1.165, 1.54) is 18.6 Å². The molecule has 1 aromatic rings. The van der Waals surface area contributed by atoms with Crippen molar-refractivity contribution < 1.29 is 9.59 Å². The van der Waals surface area contributed by atoms with Crippen LogP contribution in [0.15, 0.2) is 30.3 Å². The van der Waals surface area contributed by atoms with Gasteiger partial charge in [-0.1, -0.05) is 35.9 Å². The zero-order chi connectivity index (χ0) is 11.3. The number of Topliss-reactive ketones (excluding diaryl/α,β-unsaturated/α-hetero) is 1. The molecule has 0 saturated heterocycles. The first-order valence-corrected chi connectivity index (χ1v) is 4.85. The van der Waals surface area contributed by atoms with Gasteiger partial charge in [0.2, 0.25) is 0 Å². The quantitative estimate of drug-likeness (QED) is 0.555. The fourth-order valence-corrected chi connectivity index (χ4v) is 1.17. The Kier molecular flexibility index (Phi) is 3.98. The van der Waals surface area contributed by atoms with Crippen LogP contribution in [0.3, 0.4) is 0 Å². The minimum Gasteiger partial charge on any atom is -0.300 e. The number of carbonyl (C=O) groups is 2. The molecule has 0 amide bonds. The third-order valence-corrected chi connectivity index (χ3v) is 1.96. The van der Waals surface area contributed by atoms with E-state index in [4.69, 9.17) is 0 Å². The van der Waals surface area contributed by atoms with Crippen LogP contribution in [0, 0.1) is 6.92 Å². The molecule has 0 atom stereocenters. The van der Waals surface area contributed by atoms with Crippen molar-refractivity contribution in [3.8, 4) is 0 Å². The number of benzene rings is 1. The minimum absolute atomic E-state index is 0.0115. The number of aryl methyl sites for hydroxylation is 1. The Morgan fingerprint density at radius 1 is 1.20 bits per heavy atom. The molecule has 1 aromatic carbocycles. The normalized spacial score (nSPS) is 10.5. The van der Waals surface area contributed by atoms with Crippen molar-refractivity contribution in [3.05, 3.63) is 41.5 Å². The summed E-state index contributed by atoms with van der Waals surface area (Å²) in [7, 11) is 0. The number of hydrogen-bond acceptors (Lipinski definition) is 2. The maximum atomic E-state index is 11.2. The first kappa shape index (κ1) is 11.4.